The molecule has 1 saturated heterocycles. The van der Waals surface area contributed by atoms with E-state index in [2.05, 4.69) is 51.7 Å². The number of hydrogen-bond acceptors (Lipinski definition) is 5. The van der Waals surface area contributed by atoms with Crippen molar-refractivity contribution in [3.63, 3.8) is 0 Å². The Kier molecular flexibility index (Phi) is 8.88. The molecule has 2 aromatic rings. The van der Waals surface area contributed by atoms with Crippen LogP contribution in [0.25, 0.3) is 0 Å². The van der Waals surface area contributed by atoms with E-state index in [4.69, 9.17) is 9.47 Å². The standard InChI is InChI=1S/C22H30N4O3.HI/c1-15-5-7-18(8-6-15)26-10-9-17(14-26)25-22(23-2)24-13-16-11-19(28-3)21(27)20(12-16)29-4;/h5-8,11-12,17,27H,9-10,13-14H2,1-4H3,(H2,23,24,25);1H. The second-order valence-corrected chi connectivity index (χ2v) is 7.19. The maximum absolute atomic E-state index is 10.0. The smallest absolute Gasteiger partial charge is 0.200 e. The van der Waals surface area contributed by atoms with Crippen LogP contribution in [0.2, 0.25) is 0 Å². The Morgan fingerprint density at radius 1 is 1.17 bits per heavy atom. The Bertz CT molecular complexity index is 833. The molecule has 1 heterocycles. The molecule has 1 unspecified atom stereocenters. The van der Waals surface area contributed by atoms with E-state index in [9.17, 15) is 5.11 Å². The molecular formula is C22H31IN4O3. The molecule has 8 heteroatoms. The zero-order chi connectivity index (χ0) is 20.8. The first kappa shape index (κ1) is 23.9. The molecule has 0 radical (unpaired) electrons. The number of aromatic hydroxyl groups is 1. The minimum Gasteiger partial charge on any atom is -0.502 e. The summed E-state index contributed by atoms with van der Waals surface area (Å²) in [7, 11) is 4.80. The second kappa shape index (κ2) is 11.1. The van der Waals surface area contributed by atoms with Gasteiger partial charge < -0.3 is 30.1 Å². The Labute approximate surface area is 195 Å². The van der Waals surface area contributed by atoms with Gasteiger partial charge >= 0.3 is 0 Å². The third kappa shape index (κ3) is 5.84. The van der Waals surface area contributed by atoms with E-state index in [0.29, 0.717) is 24.1 Å². The molecule has 0 bridgehead atoms. The van der Waals surface area contributed by atoms with Gasteiger partial charge in [0.25, 0.3) is 0 Å². The number of phenolic OH excluding ortho intramolecular Hbond substituents is 1. The van der Waals surface area contributed by atoms with Gasteiger partial charge in [-0.15, -0.1) is 24.0 Å². The molecule has 3 N–H and O–H groups in total. The maximum atomic E-state index is 10.0. The molecule has 0 spiro atoms. The van der Waals surface area contributed by atoms with Gasteiger partial charge in [0, 0.05) is 38.4 Å². The summed E-state index contributed by atoms with van der Waals surface area (Å²) in [6, 6.07) is 12.5. The third-order valence-electron chi connectivity index (χ3n) is 5.15. The number of nitrogens with one attached hydrogen (secondary N) is 2. The highest BCUT2D eigenvalue weighted by atomic mass is 127. The first-order valence-electron chi connectivity index (χ1n) is 9.76. The lowest BCUT2D eigenvalue weighted by molar-refractivity contribution is 0.339. The van der Waals surface area contributed by atoms with Gasteiger partial charge in [0.05, 0.1) is 14.2 Å². The Balaban J connectivity index is 0.00000320. The summed E-state index contributed by atoms with van der Waals surface area (Å²) in [6.45, 7) is 4.59. The summed E-state index contributed by atoms with van der Waals surface area (Å²) < 4.78 is 10.4. The average molecular weight is 526 g/mol. The van der Waals surface area contributed by atoms with Gasteiger partial charge in [-0.05, 0) is 43.2 Å². The molecule has 1 fully saturated rings. The normalized spacial score (nSPS) is 16.1. The topological polar surface area (TPSA) is 78.4 Å². The number of phenols is 1. The van der Waals surface area contributed by atoms with Crippen LogP contribution in [0.1, 0.15) is 17.5 Å². The highest BCUT2D eigenvalue weighted by molar-refractivity contribution is 14.0. The van der Waals surface area contributed by atoms with Crippen LogP contribution >= 0.6 is 24.0 Å². The van der Waals surface area contributed by atoms with Crippen molar-refractivity contribution < 1.29 is 14.6 Å². The van der Waals surface area contributed by atoms with Crippen molar-refractivity contribution in [1.29, 1.82) is 0 Å². The van der Waals surface area contributed by atoms with Crippen LogP contribution < -0.4 is 25.0 Å². The fourth-order valence-electron chi connectivity index (χ4n) is 3.49. The van der Waals surface area contributed by atoms with Crippen molar-refractivity contribution in [1.82, 2.24) is 10.6 Å². The monoisotopic (exact) mass is 526 g/mol. The third-order valence-corrected chi connectivity index (χ3v) is 5.15. The van der Waals surface area contributed by atoms with Gasteiger partial charge in [0.2, 0.25) is 5.75 Å². The van der Waals surface area contributed by atoms with Crippen LogP contribution in [0, 0.1) is 6.92 Å². The van der Waals surface area contributed by atoms with Crippen molar-refractivity contribution in [2.24, 2.45) is 4.99 Å². The van der Waals surface area contributed by atoms with Crippen LogP contribution in [0.4, 0.5) is 5.69 Å². The van der Waals surface area contributed by atoms with Gasteiger partial charge in [-0.1, -0.05) is 17.7 Å². The lowest BCUT2D eigenvalue weighted by atomic mass is 10.2. The van der Waals surface area contributed by atoms with Crippen molar-refractivity contribution >= 4 is 35.6 Å². The van der Waals surface area contributed by atoms with Gasteiger partial charge in [-0.2, -0.15) is 0 Å². The van der Waals surface area contributed by atoms with E-state index < -0.39 is 0 Å². The molecular weight excluding hydrogens is 495 g/mol. The lowest BCUT2D eigenvalue weighted by Gasteiger charge is -2.21. The maximum Gasteiger partial charge on any atom is 0.200 e. The summed E-state index contributed by atoms with van der Waals surface area (Å²) in [5.41, 5.74) is 3.45. The number of aryl methyl sites for hydroxylation is 1. The molecule has 164 valence electrons. The average Bonchev–Trinajstić information content (AvgIpc) is 3.20. The number of guanidine groups is 1. The minimum absolute atomic E-state index is 0. The zero-order valence-corrected chi connectivity index (χ0v) is 20.3. The van der Waals surface area contributed by atoms with Crippen molar-refractivity contribution in [3.8, 4) is 17.2 Å². The van der Waals surface area contributed by atoms with Gasteiger partial charge in [0.15, 0.2) is 17.5 Å². The summed E-state index contributed by atoms with van der Waals surface area (Å²) >= 11 is 0. The molecule has 3 rings (SSSR count). The zero-order valence-electron chi connectivity index (χ0n) is 17.9. The quantitative estimate of drug-likeness (QED) is 0.305. The number of rotatable bonds is 6. The van der Waals surface area contributed by atoms with Crippen LogP contribution in [-0.4, -0.2) is 51.5 Å². The number of benzene rings is 2. The lowest BCUT2D eigenvalue weighted by Crippen LogP contribution is -2.44. The van der Waals surface area contributed by atoms with E-state index in [1.54, 1.807) is 19.2 Å². The van der Waals surface area contributed by atoms with Gasteiger partial charge in [0.1, 0.15) is 0 Å². The highest BCUT2D eigenvalue weighted by Gasteiger charge is 2.23. The van der Waals surface area contributed by atoms with Gasteiger partial charge in [-0.25, -0.2) is 0 Å². The Morgan fingerprint density at radius 2 is 1.80 bits per heavy atom. The van der Waals surface area contributed by atoms with E-state index >= 15 is 0 Å². The number of hydrogen-bond donors (Lipinski definition) is 3. The molecule has 1 aliphatic heterocycles. The van der Waals surface area contributed by atoms with E-state index in [0.717, 1.165) is 31.0 Å². The largest absolute Gasteiger partial charge is 0.502 e. The van der Waals surface area contributed by atoms with Crippen LogP contribution in [0.3, 0.4) is 0 Å². The summed E-state index contributed by atoms with van der Waals surface area (Å²) in [5.74, 6) is 1.51. The Morgan fingerprint density at radius 3 is 2.37 bits per heavy atom. The summed E-state index contributed by atoms with van der Waals surface area (Å²) in [4.78, 5) is 6.73. The number of anilines is 1. The number of halogens is 1. The fourth-order valence-corrected chi connectivity index (χ4v) is 3.49. The molecule has 0 amide bonds. The molecule has 0 saturated carbocycles. The number of ether oxygens (including phenoxy) is 2. The van der Waals surface area contributed by atoms with Crippen molar-refractivity contribution in [3.05, 3.63) is 47.5 Å². The van der Waals surface area contributed by atoms with Crippen molar-refractivity contribution in [2.45, 2.75) is 25.9 Å². The SMILES string of the molecule is CN=C(NCc1cc(OC)c(O)c(OC)c1)NC1CCN(c2ccc(C)cc2)C1.I. The molecule has 7 nitrogen and oxygen atoms in total. The van der Waals surface area contributed by atoms with E-state index in [1.165, 1.54) is 25.5 Å². The van der Waals surface area contributed by atoms with E-state index in [-0.39, 0.29) is 29.7 Å². The molecule has 0 aliphatic carbocycles. The molecule has 2 aromatic carbocycles. The molecule has 1 atom stereocenters. The van der Waals surface area contributed by atoms with Crippen LogP contribution in [-0.2, 0) is 6.54 Å². The van der Waals surface area contributed by atoms with E-state index in [1.807, 2.05) is 0 Å². The first-order chi connectivity index (χ1) is 14.0. The number of nitrogens with zero attached hydrogens (tertiary/aromatic N) is 2. The van der Waals surface area contributed by atoms with Gasteiger partial charge in [-0.3, -0.25) is 4.99 Å². The second-order valence-electron chi connectivity index (χ2n) is 7.19. The van der Waals surface area contributed by atoms with Crippen molar-refractivity contribution in [2.75, 3.05) is 39.3 Å². The minimum atomic E-state index is 0. The predicted octanol–water partition coefficient (Wildman–Crippen LogP) is 3.28. The highest BCUT2D eigenvalue weighted by Crippen LogP contribution is 2.37. The van der Waals surface area contributed by atoms with Crippen LogP contribution in [0.15, 0.2) is 41.4 Å². The predicted molar refractivity (Wildman–Crippen MR) is 132 cm³/mol. The molecule has 30 heavy (non-hydrogen) atoms. The molecule has 1 aliphatic rings. The Hall–Kier alpha value is -2.36. The van der Waals surface area contributed by atoms with Crippen LogP contribution in [0.5, 0.6) is 17.2 Å². The molecule has 0 aromatic heterocycles. The number of methoxy groups -OCH3 is 2. The fraction of sp³-hybridized carbons (Fsp3) is 0.409. The number of aliphatic imine (C=N–C) groups is 1. The first-order valence-corrected chi connectivity index (χ1v) is 9.76. The summed E-state index contributed by atoms with van der Waals surface area (Å²) in [5, 5.41) is 16.9. The summed E-state index contributed by atoms with van der Waals surface area (Å²) in [6.07, 6.45) is 1.05.